The summed E-state index contributed by atoms with van der Waals surface area (Å²) < 4.78 is 24.0. The van der Waals surface area contributed by atoms with Gasteiger partial charge in [0, 0.05) is 6.42 Å². The predicted octanol–water partition coefficient (Wildman–Crippen LogP) is 3.66. The summed E-state index contributed by atoms with van der Waals surface area (Å²) in [5.41, 5.74) is 0. The molecule has 0 aliphatic heterocycles. The molecule has 1 aromatic rings. The molecule has 0 aliphatic carbocycles. The fraction of sp³-hybridized carbons (Fsp3) is 0.438. The summed E-state index contributed by atoms with van der Waals surface area (Å²) in [4.78, 5) is 11.3. The second-order valence-electron chi connectivity index (χ2n) is 4.83. The van der Waals surface area contributed by atoms with E-state index >= 15 is 0 Å². The van der Waals surface area contributed by atoms with Crippen LogP contribution in [0.25, 0.3) is 0 Å². The maximum Gasteiger partial charge on any atom is 0.368 e. The van der Waals surface area contributed by atoms with Gasteiger partial charge in [-0.05, 0) is 17.3 Å². The molecule has 3 nitrogen and oxygen atoms in total. The molecule has 0 saturated carbocycles. The van der Waals surface area contributed by atoms with Gasteiger partial charge in [-0.1, -0.05) is 57.7 Å². The first-order valence-electron chi connectivity index (χ1n) is 7.27. The van der Waals surface area contributed by atoms with Gasteiger partial charge in [0.25, 0.3) is 0 Å². The number of hydrogen-bond donors (Lipinski definition) is 0. The summed E-state index contributed by atoms with van der Waals surface area (Å²) >= 11 is 0. The van der Waals surface area contributed by atoms with Crippen molar-refractivity contribution in [2.45, 2.75) is 45.6 Å². The van der Waals surface area contributed by atoms with Crippen LogP contribution in [0.4, 0.5) is 4.39 Å². The Kier molecular flexibility index (Phi) is 6.78. The molecule has 0 amide bonds. The summed E-state index contributed by atoms with van der Waals surface area (Å²) in [6.45, 7) is 8.94. The molecule has 1 aromatic carbocycles. The number of hydrogen-bond acceptors (Lipinski definition) is 3. The van der Waals surface area contributed by atoms with Crippen LogP contribution in [0.3, 0.4) is 0 Å². The van der Waals surface area contributed by atoms with Crippen LogP contribution in [0.1, 0.15) is 27.2 Å². The molecule has 1 rings (SSSR count). The molecule has 0 bridgehead atoms. The minimum atomic E-state index is -2.23. The molecule has 1 atom stereocenters. The van der Waals surface area contributed by atoms with Gasteiger partial charge in [0.05, 0.1) is 0 Å². The van der Waals surface area contributed by atoms with Gasteiger partial charge in [-0.25, -0.2) is 4.79 Å². The van der Waals surface area contributed by atoms with Gasteiger partial charge in [-0.2, -0.15) is 4.39 Å². The Labute approximate surface area is 126 Å². The standard InChI is InChI=1S/C16H23FO3Si/c1-5-15(19-16(18)13(4)17)20-21(6-2,7-3)14-11-9-8-10-12-14/h8-12,15H,4-7H2,1-3H3. The van der Waals surface area contributed by atoms with Crippen molar-refractivity contribution in [1.29, 1.82) is 0 Å². The average molecular weight is 310 g/mol. The lowest BCUT2D eigenvalue weighted by molar-refractivity contribution is -0.161. The third kappa shape index (κ3) is 4.51. The molecule has 0 saturated heterocycles. The molecular weight excluding hydrogens is 287 g/mol. The Morgan fingerprint density at radius 3 is 2.24 bits per heavy atom. The maximum atomic E-state index is 12.8. The quantitative estimate of drug-likeness (QED) is 0.318. The van der Waals surface area contributed by atoms with E-state index in [4.69, 9.17) is 9.16 Å². The highest BCUT2D eigenvalue weighted by molar-refractivity contribution is 6.86. The number of carbonyl (C=O) groups is 1. The molecule has 0 spiro atoms. The Morgan fingerprint density at radius 2 is 1.81 bits per heavy atom. The number of esters is 1. The minimum absolute atomic E-state index is 0.473. The molecule has 0 aromatic heterocycles. The van der Waals surface area contributed by atoms with E-state index in [2.05, 4.69) is 20.4 Å². The molecule has 1 unspecified atom stereocenters. The molecular formula is C16H23FO3Si. The zero-order valence-electron chi connectivity index (χ0n) is 12.9. The van der Waals surface area contributed by atoms with Crippen molar-refractivity contribution in [3.63, 3.8) is 0 Å². The van der Waals surface area contributed by atoms with Crippen LogP contribution in [-0.2, 0) is 14.0 Å². The summed E-state index contributed by atoms with van der Waals surface area (Å²) in [6.07, 6.45) is -0.266. The molecule has 0 aliphatic rings. The van der Waals surface area contributed by atoms with Crippen LogP contribution in [-0.4, -0.2) is 20.6 Å². The summed E-state index contributed by atoms with van der Waals surface area (Å²) in [6, 6.07) is 11.7. The third-order valence-electron chi connectivity index (χ3n) is 3.59. The SMILES string of the molecule is C=C(F)C(=O)OC(CC)O[Si](CC)(CC)c1ccccc1. The summed E-state index contributed by atoms with van der Waals surface area (Å²) in [7, 11) is -2.23. The fourth-order valence-corrected chi connectivity index (χ4v) is 5.56. The van der Waals surface area contributed by atoms with Crippen molar-refractivity contribution in [2.24, 2.45) is 0 Å². The smallest absolute Gasteiger partial charge is 0.368 e. The van der Waals surface area contributed by atoms with E-state index in [0.717, 1.165) is 17.3 Å². The van der Waals surface area contributed by atoms with Gasteiger partial charge in [-0.15, -0.1) is 0 Å². The van der Waals surface area contributed by atoms with Crippen LogP contribution >= 0.6 is 0 Å². The monoisotopic (exact) mass is 310 g/mol. The lowest BCUT2D eigenvalue weighted by Crippen LogP contribution is -2.52. The van der Waals surface area contributed by atoms with Crippen molar-refractivity contribution < 1.29 is 18.3 Å². The number of benzene rings is 1. The van der Waals surface area contributed by atoms with Gasteiger partial charge in [0.2, 0.25) is 14.1 Å². The van der Waals surface area contributed by atoms with Crippen LogP contribution < -0.4 is 5.19 Å². The maximum absolute atomic E-state index is 12.8. The van der Waals surface area contributed by atoms with Crippen LogP contribution in [0.15, 0.2) is 42.7 Å². The first-order chi connectivity index (χ1) is 9.99. The fourth-order valence-electron chi connectivity index (χ4n) is 2.26. The van der Waals surface area contributed by atoms with E-state index in [9.17, 15) is 9.18 Å². The summed E-state index contributed by atoms with van der Waals surface area (Å²) in [5.74, 6) is -2.15. The molecule has 0 N–H and O–H groups in total. The largest absolute Gasteiger partial charge is 0.431 e. The van der Waals surface area contributed by atoms with Crippen molar-refractivity contribution in [3.05, 3.63) is 42.7 Å². The van der Waals surface area contributed by atoms with Crippen molar-refractivity contribution in [2.75, 3.05) is 0 Å². The topological polar surface area (TPSA) is 35.5 Å². The van der Waals surface area contributed by atoms with Crippen molar-refractivity contribution in [1.82, 2.24) is 0 Å². The molecule has 5 heteroatoms. The van der Waals surface area contributed by atoms with Crippen molar-refractivity contribution >= 4 is 19.5 Å². The number of carbonyl (C=O) groups excluding carboxylic acids is 1. The summed E-state index contributed by atoms with van der Waals surface area (Å²) in [5, 5.41) is 1.16. The van der Waals surface area contributed by atoms with Gasteiger partial charge >= 0.3 is 5.97 Å². The minimum Gasteiger partial charge on any atom is -0.431 e. The number of ether oxygens (including phenoxy) is 1. The zero-order chi connectivity index (χ0) is 15.9. The van der Waals surface area contributed by atoms with Gasteiger partial charge in [0.1, 0.15) is 0 Å². The number of rotatable bonds is 8. The molecule has 116 valence electrons. The van der Waals surface area contributed by atoms with E-state index in [1.807, 2.05) is 37.3 Å². The normalized spacial score (nSPS) is 12.8. The first kappa shape index (κ1) is 17.6. The lowest BCUT2D eigenvalue weighted by Gasteiger charge is -2.33. The lowest BCUT2D eigenvalue weighted by atomic mass is 10.4. The Bertz CT molecular complexity index is 472. The molecule has 0 heterocycles. The van der Waals surface area contributed by atoms with Crippen LogP contribution in [0.2, 0.25) is 12.1 Å². The highest BCUT2D eigenvalue weighted by atomic mass is 28.4. The van der Waals surface area contributed by atoms with Crippen LogP contribution in [0.5, 0.6) is 0 Å². The molecule has 0 fully saturated rings. The zero-order valence-corrected chi connectivity index (χ0v) is 13.9. The average Bonchev–Trinajstić information content (AvgIpc) is 2.52. The van der Waals surface area contributed by atoms with Gasteiger partial charge < -0.3 is 9.16 Å². The third-order valence-corrected chi connectivity index (χ3v) is 7.98. The van der Waals surface area contributed by atoms with E-state index in [0.29, 0.717) is 6.42 Å². The first-order valence-corrected chi connectivity index (χ1v) is 9.60. The Balaban J connectivity index is 2.95. The van der Waals surface area contributed by atoms with E-state index in [-0.39, 0.29) is 0 Å². The van der Waals surface area contributed by atoms with E-state index in [1.165, 1.54) is 0 Å². The van der Waals surface area contributed by atoms with E-state index in [1.54, 1.807) is 0 Å². The molecule has 0 radical (unpaired) electrons. The number of halogens is 1. The van der Waals surface area contributed by atoms with E-state index < -0.39 is 26.4 Å². The Hall–Kier alpha value is -1.46. The Morgan fingerprint density at radius 1 is 1.24 bits per heavy atom. The van der Waals surface area contributed by atoms with Gasteiger partial charge in [-0.3, -0.25) is 0 Å². The predicted molar refractivity (Wildman–Crippen MR) is 84.3 cm³/mol. The second-order valence-corrected chi connectivity index (χ2v) is 9.05. The highest BCUT2D eigenvalue weighted by Crippen LogP contribution is 2.21. The van der Waals surface area contributed by atoms with Gasteiger partial charge in [0.15, 0.2) is 6.29 Å². The second kappa shape index (κ2) is 8.10. The highest BCUT2D eigenvalue weighted by Gasteiger charge is 2.37. The van der Waals surface area contributed by atoms with Crippen molar-refractivity contribution in [3.8, 4) is 0 Å². The molecule has 21 heavy (non-hydrogen) atoms. The van der Waals surface area contributed by atoms with Crippen LogP contribution in [0, 0.1) is 0 Å².